The first-order valence-electron chi connectivity index (χ1n) is 16.3. The van der Waals surface area contributed by atoms with E-state index in [1.165, 1.54) is 4.90 Å². The molecule has 1 fully saturated rings. The summed E-state index contributed by atoms with van der Waals surface area (Å²) in [5.74, 6) is -9.50. The molecule has 0 saturated carbocycles. The molecule has 14 nitrogen and oxygen atoms in total. The second kappa shape index (κ2) is 13.8. The second-order valence-electron chi connectivity index (χ2n) is 12.4. The number of aromatic nitrogens is 1. The molecule has 4 aromatic carbocycles. The van der Waals surface area contributed by atoms with E-state index in [0.29, 0.717) is 40.5 Å². The van der Waals surface area contributed by atoms with Crippen LogP contribution in [0.3, 0.4) is 0 Å². The van der Waals surface area contributed by atoms with Gasteiger partial charge in [-0.1, -0.05) is 60.7 Å². The highest BCUT2D eigenvalue weighted by molar-refractivity contribution is 6.02. The maximum absolute atomic E-state index is 14.6. The van der Waals surface area contributed by atoms with E-state index in [9.17, 15) is 34.5 Å². The number of amides is 1. The molecule has 1 amide bonds. The van der Waals surface area contributed by atoms with Gasteiger partial charge in [0.05, 0.1) is 0 Å². The number of para-hydroxylation sites is 2. The predicted molar refractivity (Wildman–Crippen MR) is 182 cm³/mol. The molecule has 3 heterocycles. The number of hydrogen-bond donors (Lipinski definition) is 3. The molecule has 0 spiro atoms. The highest BCUT2D eigenvalue weighted by atomic mass is 16.8. The maximum atomic E-state index is 14.6. The van der Waals surface area contributed by atoms with E-state index in [1.807, 2.05) is 72.8 Å². The van der Waals surface area contributed by atoms with Crippen molar-refractivity contribution in [1.29, 1.82) is 0 Å². The van der Waals surface area contributed by atoms with E-state index in [4.69, 9.17) is 23.4 Å². The van der Waals surface area contributed by atoms with Crippen LogP contribution in [-0.4, -0.2) is 79.8 Å². The number of rotatable bonds is 12. The third-order valence-corrected chi connectivity index (χ3v) is 9.22. The summed E-state index contributed by atoms with van der Waals surface area (Å²) in [5, 5.41) is 31.4. The number of ether oxygens (including phenoxy) is 4. The summed E-state index contributed by atoms with van der Waals surface area (Å²) in [6.07, 6.45) is -0.511. The quantitative estimate of drug-likeness (QED) is 0.146. The Morgan fingerprint density at radius 3 is 2.33 bits per heavy atom. The number of benzene rings is 4. The van der Waals surface area contributed by atoms with Crippen LogP contribution < -0.4 is 9.47 Å². The van der Waals surface area contributed by atoms with E-state index in [0.717, 1.165) is 16.3 Å². The number of fused-ring (bicyclic) bond motifs is 3. The summed E-state index contributed by atoms with van der Waals surface area (Å²) in [6.45, 7) is 1.71. The van der Waals surface area contributed by atoms with Gasteiger partial charge >= 0.3 is 23.7 Å². The highest BCUT2D eigenvalue weighted by Crippen LogP contribution is 2.39. The number of nitrogens with zero attached hydrogens (tertiary/aromatic N) is 2. The van der Waals surface area contributed by atoms with Gasteiger partial charge in [-0.15, -0.1) is 0 Å². The molecule has 1 saturated heterocycles. The fourth-order valence-electron chi connectivity index (χ4n) is 6.53. The average molecular weight is 709 g/mol. The average Bonchev–Trinajstić information content (AvgIpc) is 3.89. The minimum atomic E-state index is -3.42. The molecule has 52 heavy (non-hydrogen) atoms. The first-order valence-corrected chi connectivity index (χ1v) is 16.3. The van der Waals surface area contributed by atoms with Crippen molar-refractivity contribution >= 4 is 51.8 Å². The molecule has 7 rings (SSSR count). The van der Waals surface area contributed by atoms with E-state index >= 15 is 0 Å². The number of hydrogen-bond acceptors (Lipinski definition) is 10. The molecule has 2 aliphatic rings. The van der Waals surface area contributed by atoms with E-state index in [-0.39, 0.29) is 13.3 Å². The number of carboxylic acid groups (broad SMARTS) is 3. The van der Waals surface area contributed by atoms with Gasteiger partial charge in [0.15, 0.2) is 29.3 Å². The molecule has 4 atom stereocenters. The molecule has 0 aliphatic carbocycles. The molecule has 0 radical (unpaired) electrons. The Bertz CT molecular complexity index is 2180. The Morgan fingerprint density at radius 1 is 0.865 bits per heavy atom. The summed E-state index contributed by atoms with van der Waals surface area (Å²) in [5.41, 5.74) is 2.69. The first-order chi connectivity index (χ1) is 25.0. The second-order valence-corrected chi connectivity index (χ2v) is 12.4. The first kappa shape index (κ1) is 34.2. The number of carbonyl (C=O) groups is 4. The Kier molecular flexibility index (Phi) is 9.09. The van der Waals surface area contributed by atoms with Crippen molar-refractivity contribution in [2.45, 2.75) is 49.8 Å². The van der Waals surface area contributed by atoms with Crippen LogP contribution in [0.1, 0.15) is 36.3 Å². The third-order valence-electron chi connectivity index (χ3n) is 9.22. The third kappa shape index (κ3) is 6.40. The normalized spacial score (nSPS) is 18.8. The van der Waals surface area contributed by atoms with Crippen LogP contribution in [0.15, 0.2) is 95.4 Å². The molecule has 14 heteroatoms. The minimum Gasteiger partial charge on any atom is -0.479 e. The summed E-state index contributed by atoms with van der Waals surface area (Å²) in [6, 6.07) is 25.1. The molecule has 0 unspecified atom stereocenters. The molecular formula is C38H32N2O12. The SMILES string of the molecule is C[C@@H]([C@H](C/C=C/c1nc2ccccc2o1)c1ccc2c(c1)OCO2)N(Cc1ccc2ccccc2c1)C(=O)[C@@H]1OC(C(=O)O)(C(=O)O)O[C@@H]1C(=O)O. The number of carbonyl (C=O) groups excluding carboxylic acids is 1. The minimum absolute atomic E-state index is 0.0354. The molecule has 3 N–H and O–H groups in total. The van der Waals surface area contributed by atoms with Crippen molar-refractivity contribution in [2.24, 2.45) is 0 Å². The largest absolute Gasteiger partial charge is 0.479 e. The van der Waals surface area contributed by atoms with Crippen molar-refractivity contribution in [3.8, 4) is 11.5 Å². The van der Waals surface area contributed by atoms with Crippen LogP contribution in [0.25, 0.3) is 27.9 Å². The fourth-order valence-corrected chi connectivity index (χ4v) is 6.53. The summed E-state index contributed by atoms with van der Waals surface area (Å²) >= 11 is 0. The Labute approximate surface area is 295 Å². The van der Waals surface area contributed by atoms with Crippen LogP contribution >= 0.6 is 0 Å². The summed E-state index contributed by atoms with van der Waals surface area (Å²) in [4.78, 5) is 57.0. The molecule has 0 bridgehead atoms. The van der Waals surface area contributed by atoms with Gasteiger partial charge in [-0.05, 0) is 71.7 Å². The summed E-state index contributed by atoms with van der Waals surface area (Å²) in [7, 11) is 0. The molecule has 266 valence electrons. The molecule has 5 aromatic rings. The maximum Gasteiger partial charge on any atom is 0.377 e. The van der Waals surface area contributed by atoms with Crippen LogP contribution in [0.2, 0.25) is 0 Å². The van der Waals surface area contributed by atoms with Gasteiger partial charge < -0.3 is 43.6 Å². The van der Waals surface area contributed by atoms with Crippen molar-refractivity contribution in [1.82, 2.24) is 9.88 Å². The van der Waals surface area contributed by atoms with Gasteiger partial charge in [0.1, 0.15) is 5.52 Å². The van der Waals surface area contributed by atoms with E-state index in [2.05, 4.69) is 4.98 Å². The summed E-state index contributed by atoms with van der Waals surface area (Å²) < 4.78 is 27.3. The zero-order valence-electron chi connectivity index (χ0n) is 27.6. The molecule has 1 aromatic heterocycles. The van der Waals surface area contributed by atoms with Crippen LogP contribution in [0.5, 0.6) is 11.5 Å². The zero-order chi connectivity index (χ0) is 36.6. The lowest BCUT2D eigenvalue weighted by atomic mass is 9.87. The monoisotopic (exact) mass is 708 g/mol. The number of oxazole rings is 1. The number of allylic oxidation sites excluding steroid dienone is 1. The van der Waals surface area contributed by atoms with Crippen molar-refractivity contribution in [2.75, 3.05) is 6.79 Å². The number of aliphatic carboxylic acids is 3. The van der Waals surface area contributed by atoms with E-state index in [1.54, 1.807) is 31.2 Å². The van der Waals surface area contributed by atoms with Crippen molar-refractivity contribution in [3.05, 3.63) is 108 Å². The predicted octanol–water partition coefficient (Wildman–Crippen LogP) is 5.05. The lowest BCUT2D eigenvalue weighted by Gasteiger charge is -2.36. The topological polar surface area (TPSA) is 195 Å². The van der Waals surface area contributed by atoms with Gasteiger partial charge in [-0.3, -0.25) is 4.79 Å². The van der Waals surface area contributed by atoms with Gasteiger partial charge in [0.25, 0.3) is 5.91 Å². The Hall–Kier alpha value is -6.25. The van der Waals surface area contributed by atoms with Crippen LogP contribution in [-0.2, 0) is 35.2 Å². The fraction of sp³-hybridized carbons (Fsp3) is 0.237. The molecular weight excluding hydrogens is 676 g/mol. The van der Waals surface area contributed by atoms with Gasteiger partial charge in [-0.2, -0.15) is 0 Å². The Balaban J connectivity index is 1.29. The molecule has 2 aliphatic heterocycles. The van der Waals surface area contributed by atoms with Gasteiger partial charge in [0, 0.05) is 18.5 Å². The van der Waals surface area contributed by atoms with Crippen molar-refractivity contribution in [3.63, 3.8) is 0 Å². The highest BCUT2D eigenvalue weighted by Gasteiger charge is 2.64. The van der Waals surface area contributed by atoms with Crippen molar-refractivity contribution < 1.29 is 57.9 Å². The van der Waals surface area contributed by atoms with Crippen LogP contribution in [0.4, 0.5) is 0 Å². The van der Waals surface area contributed by atoms with Crippen LogP contribution in [0, 0.1) is 0 Å². The zero-order valence-corrected chi connectivity index (χ0v) is 27.6. The standard InChI is InChI=1S/C38H32N2O12/c1-21(26(25-15-16-29-30(18-25)49-20-48-29)9-6-12-31-39-27-10-4-5-11-28(27)50-31)40(19-22-13-14-23-7-2-3-8-24(23)17-22)34(41)32-33(35(42)43)52-38(51-32,36(44)45)37(46)47/h2-8,10-18,21,26,32-33H,9,19-20H2,1H3,(H,42,43)(H,44,45)(H,46,47)/b12-6+/t21-,26-,32+,33-/m0/s1. The van der Waals surface area contributed by atoms with E-state index < -0.39 is 53.8 Å². The number of carboxylic acids is 3. The van der Waals surface area contributed by atoms with Gasteiger partial charge in [-0.25, -0.2) is 19.4 Å². The lowest BCUT2D eigenvalue weighted by molar-refractivity contribution is -0.221. The smallest absolute Gasteiger partial charge is 0.377 e. The Morgan fingerprint density at radius 2 is 1.58 bits per heavy atom. The lowest BCUT2D eigenvalue weighted by Crippen LogP contribution is -2.51. The van der Waals surface area contributed by atoms with Gasteiger partial charge in [0.2, 0.25) is 12.7 Å².